The first kappa shape index (κ1) is 17.6. The van der Waals surface area contributed by atoms with Crippen LogP contribution in [-0.4, -0.2) is 70.7 Å². The van der Waals surface area contributed by atoms with Gasteiger partial charge in [0.15, 0.2) is 5.54 Å². The van der Waals surface area contributed by atoms with Crippen LogP contribution < -0.4 is 5.32 Å². The predicted octanol–water partition coefficient (Wildman–Crippen LogP) is 0.768. The molecule has 0 fully saturated rings. The standard InChI is InChI=1S/C16H27N3O2/c1-17-16(15(20)21-5,14-9-7-6-8-10-14)13-19(4)12-11-18(2)3/h6-10,17H,11-13H2,1-5H3. The Morgan fingerprint density at radius 2 is 1.81 bits per heavy atom. The maximum absolute atomic E-state index is 12.4. The molecule has 1 aromatic rings. The second-order valence-corrected chi connectivity index (χ2v) is 5.55. The fourth-order valence-electron chi connectivity index (χ4n) is 2.35. The molecule has 21 heavy (non-hydrogen) atoms. The molecule has 0 saturated carbocycles. The Morgan fingerprint density at radius 1 is 1.19 bits per heavy atom. The zero-order chi connectivity index (χ0) is 15.9. The number of nitrogens with one attached hydrogen (secondary N) is 1. The molecular weight excluding hydrogens is 266 g/mol. The number of carbonyl (C=O) groups excluding carboxylic acids is 1. The number of nitrogens with zero attached hydrogens (tertiary/aromatic N) is 2. The summed E-state index contributed by atoms with van der Waals surface area (Å²) in [6.07, 6.45) is 0. The molecule has 0 saturated heterocycles. The quantitative estimate of drug-likeness (QED) is 0.717. The van der Waals surface area contributed by atoms with E-state index in [2.05, 4.69) is 15.1 Å². The Balaban J connectivity index is 3.00. The molecule has 5 heteroatoms. The summed E-state index contributed by atoms with van der Waals surface area (Å²) in [6, 6.07) is 9.71. The van der Waals surface area contributed by atoms with E-state index >= 15 is 0 Å². The van der Waals surface area contributed by atoms with E-state index in [1.165, 1.54) is 7.11 Å². The fraction of sp³-hybridized carbons (Fsp3) is 0.562. The van der Waals surface area contributed by atoms with Crippen molar-refractivity contribution in [3.8, 4) is 0 Å². The van der Waals surface area contributed by atoms with Crippen LogP contribution in [0, 0.1) is 0 Å². The minimum Gasteiger partial charge on any atom is -0.467 e. The van der Waals surface area contributed by atoms with Gasteiger partial charge in [0, 0.05) is 19.6 Å². The second kappa shape index (κ2) is 8.12. The van der Waals surface area contributed by atoms with Gasteiger partial charge in [0.05, 0.1) is 7.11 Å². The Bertz CT molecular complexity index is 436. The average Bonchev–Trinajstić information content (AvgIpc) is 2.50. The van der Waals surface area contributed by atoms with Crippen LogP contribution in [0.3, 0.4) is 0 Å². The molecule has 1 atom stereocenters. The van der Waals surface area contributed by atoms with Crippen molar-refractivity contribution in [3.05, 3.63) is 35.9 Å². The Hall–Kier alpha value is -1.43. The first-order valence-electron chi connectivity index (χ1n) is 7.12. The van der Waals surface area contributed by atoms with Gasteiger partial charge >= 0.3 is 5.97 Å². The molecule has 1 rings (SSSR count). The van der Waals surface area contributed by atoms with E-state index < -0.39 is 5.54 Å². The van der Waals surface area contributed by atoms with Gasteiger partial charge in [-0.1, -0.05) is 30.3 Å². The molecule has 5 nitrogen and oxygen atoms in total. The highest BCUT2D eigenvalue weighted by Crippen LogP contribution is 2.23. The largest absolute Gasteiger partial charge is 0.467 e. The zero-order valence-corrected chi connectivity index (χ0v) is 13.7. The summed E-state index contributed by atoms with van der Waals surface area (Å²) < 4.78 is 5.05. The second-order valence-electron chi connectivity index (χ2n) is 5.55. The van der Waals surface area contributed by atoms with Crippen molar-refractivity contribution >= 4 is 5.97 Å². The molecule has 0 aliphatic carbocycles. The highest BCUT2D eigenvalue weighted by Gasteiger charge is 2.40. The van der Waals surface area contributed by atoms with Crippen LogP contribution in [0.2, 0.25) is 0 Å². The van der Waals surface area contributed by atoms with E-state index in [4.69, 9.17) is 4.74 Å². The van der Waals surface area contributed by atoms with E-state index in [0.717, 1.165) is 18.7 Å². The van der Waals surface area contributed by atoms with Crippen LogP contribution >= 0.6 is 0 Å². The topological polar surface area (TPSA) is 44.8 Å². The molecule has 0 aromatic heterocycles. The van der Waals surface area contributed by atoms with Gasteiger partial charge in [-0.25, -0.2) is 4.79 Å². The van der Waals surface area contributed by atoms with Crippen molar-refractivity contribution in [1.29, 1.82) is 0 Å². The number of ether oxygens (including phenoxy) is 1. The van der Waals surface area contributed by atoms with Gasteiger partial charge in [-0.15, -0.1) is 0 Å². The Kier molecular flexibility index (Phi) is 6.81. The van der Waals surface area contributed by atoms with Crippen LogP contribution in [0.1, 0.15) is 5.56 Å². The summed E-state index contributed by atoms with van der Waals surface area (Å²) in [4.78, 5) is 16.7. The summed E-state index contributed by atoms with van der Waals surface area (Å²) in [5, 5.41) is 3.17. The highest BCUT2D eigenvalue weighted by molar-refractivity contribution is 5.83. The molecule has 1 aromatic carbocycles. The molecule has 0 spiro atoms. The first-order valence-corrected chi connectivity index (χ1v) is 7.12. The van der Waals surface area contributed by atoms with Crippen LogP contribution in [0.25, 0.3) is 0 Å². The number of methoxy groups -OCH3 is 1. The number of rotatable bonds is 8. The molecule has 0 aliphatic rings. The lowest BCUT2D eigenvalue weighted by atomic mass is 9.89. The maximum atomic E-state index is 12.4. The molecule has 0 amide bonds. The van der Waals surface area contributed by atoms with Crippen LogP contribution in [0.15, 0.2) is 30.3 Å². The summed E-state index contributed by atoms with van der Waals surface area (Å²) in [7, 11) is 9.32. The molecule has 0 radical (unpaired) electrons. The monoisotopic (exact) mass is 293 g/mol. The minimum atomic E-state index is -0.850. The smallest absolute Gasteiger partial charge is 0.332 e. The summed E-state index contributed by atoms with van der Waals surface area (Å²) >= 11 is 0. The van der Waals surface area contributed by atoms with Crippen LogP contribution in [0.5, 0.6) is 0 Å². The lowest BCUT2D eigenvalue weighted by molar-refractivity contribution is -0.149. The van der Waals surface area contributed by atoms with Crippen molar-refractivity contribution in [1.82, 2.24) is 15.1 Å². The van der Waals surface area contributed by atoms with Gasteiger partial charge in [-0.05, 0) is 33.8 Å². The van der Waals surface area contributed by atoms with Gasteiger partial charge in [-0.2, -0.15) is 0 Å². The van der Waals surface area contributed by atoms with Crippen molar-refractivity contribution in [2.45, 2.75) is 5.54 Å². The van der Waals surface area contributed by atoms with Gasteiger partial charge in [0.2, 0.25) is 0 Å². The van der Waals surface area contributed by atoms with E-state index in [9.17, 15) is 4.79 Å². The SMILES string of the molecule is CNC(CN(C)CCN(C)C)(C(=O)OC)c1ccccc1. The molecule has 118 valence electrons. The molecule has 1 N–H and O–H groups in total. The van der Waals surface area contributed by atoms with Crippen molar-refractivity contribution < 1.29 is 9.53 Å². The molecule has 0 heterocycles. The van der Waals surface area contributed by atoms with Gasteiger partial charge < -0.3 is 19.9 Å². The Morgan fingerprint density at radius 3 is 2.29 bits per heavy atom. The third-order valence-corrected chi connectivity index (χ3v) is 3.66. The van der Waals surface area contributed by atoms with Gasteiger partial charge in [0.1, 0.15) is 0 Å². The van der Waals surface area contributed by atoms with Crippen molar-refractivity contribution in [2.24, 2.45) is 0 Å². The third-order valence-electron chi connectivity index (χ3n) is 3.66. The number of hydrogen-bond donors (Lipinski definition) is 1. The molecule has 0 bridgehead atoms. The fourth-order valence-corrected chi connectivity index (χ4v) is 2.35. The van der Waals surface area contributed by atoms with Crippen molar-refractivity contribution in [3.63, 3.8) is 0 Å². The zero-order valence-electron chi connectivity index (χ0n) is 13.7. The first-order chi connectivity index (χ1) is 9.96. The lowest BCUT2D eigenvalue weighted by Gasteiger charge is -2.35. The summed E-state index contributed by atoms with van der Waals surface area (Å²) in [6.45, 7) is 2.36. The number of hydrogen-bond acceptors (Lipinski definition) is 5. The van der Waals surface area contributed by atoms with E-state index in [0.29, 0.717) is 6.54 Å². The highest BCUT2D eigenvalue weighted by atomic mass is 16.5. The minimum absolute atomic E-state index is 0.270. The number of benzene rings is 1. The summed E-state index contributed by atoms with van der Waals surface area (Å²) in [5.74, 6) is -0.270. The lowest BCUT2D eigenvalue weighted by Crippen LogP contribution is -2.55. The van der Waals surface area contributed by atoms with Crippen LogP contribution in [0.4, 0.5) is 0 Å². The predicted molar refractivity (Wildman–Crippen MR) is 85.2 cm³/mol. The van der Waals surface area contributed by atoms with Gasteiger partial charge in [-0.3, -0.25) is 0 Å². The van der Waals surface area contributed by atoms with Gasteiger partial charge in [0.25, 0.3) is 0 Å². The van der Waals surface area contributed by atoms with E-state index in [-0.39, 0.29) is 5.97 Å². The average molecular weight is 293 g/mol. The van der Waals surface area contributed by atoms with E-state index in [1.54, 1.807) is 7.05 Å². The molecule has 0 aliphatic heterocycles. The van der Waals surface area contributed by atoms with E-state index in [1.807, 2.05) is 51.5 Å². The summed E-state index contributed by atoms with van der Waals surface area (Å²) in [5.41, 5.74) is 0.0629. The Labute approximate surface area is 127 Å². The number of carbonyl (C=O) groups is 1. The van der Waals surface area contributed by atoms with Crippen LogP contribution in [-0.2, 0) is 15.1 Å². The van der Waals surface area contributed by atoms with Crippen molar-refractivity contribution in [2.75, 3.05) is 54.9 Å². The normalized spacial score (nSPS) is 14.2. The third kappa shape index (κ3) is 4.52. The maximum Gasteiger partial charge on any atom is 0.332 e. The molecular formula is C16H27N3O2. The molecule has 1 unspecified atom stereocenters. The number of esters is 1. The number of likely N-dealkylation sites (N-methyl/N-ethyl adjacent to an activating group) is 3.